The summed E-state index contributed by atoms with van der Waals surface area (Å²) in [6.45, 7) is 7.35. The molecule has 11 nitrogen and oxygen atoms in total. The van der Waals surface area contributed by atoms with Gasteiger partial charge < -0.3 is 26.8 Å². The molecule has 0 aliphatic rings. The van der Waals surface area contributed by atoms with Crippen molar-refractivity contribution in [3.8, 4) is 5.75 Å². The van der Waals surface area contributed by atoms with Crippen molar-refractivity contribution in [3.05, 3.63) is 64.2 Å². The number of nitro groups is 1. The van der Waals surface area contributed by atoms with Crippen LogP contribution in [0, 0.1) is 22.0 Å². The molecule has 0 saturated heterocycles. The zero-order valence-electron chi connectivity index (χ0n) is 21.4. The molecule has 2 rings (SSSR count). The summed E-state index contributed by atoms with van der Waals surface area (Å²) < 4.78 is 0. The van der Waals surface area contributed by atoms with Crippen LogP contribution in [0.25, 0.3) is 0 Å². The number of nitrogens with zero attached hydrogens (tertiary/aromatic N) is 1. The molecule has 0 aromatic heterocycles. The molecule has 0 radical (unpaired) electrons. The number of nitrogens with two attached hydrogens (primary N) is 1. The Morgan fingerprint density at radius 2 is 1.51 bits per heavy atom. The van der Waals surface area contributed by atoms with E-state index in [2.05, 4.69) is 16.0 Å². The van der Waals surface area contributed by atoms with Crippen molar-refractivity contribution in [2.45, 2.75) is 58.7 Å². The minimum atomic E-state index is -0.918. The predicted octanol–water partition coefficient (Wildman–Crippen LogP) is 2.48. The monoisotopic (exact) mass is 513 g/mol. The highest BCUT2D eigenvalue weighted by molar-refractivity contribution is 5.98. The lowest BCUT2D eigenvalue weighted by molar-refractivity contribution is -0.384. The molecular weight excluding hydrogens is 478 g/mol. The minimum absolute atomic E-state index is 0.0656. The Morgan fingerprint density at radius 3 is 2.03 bits per heavy atom. The Kier molecular flexibility index (Phi) is 10.6. The number of carbonyl (C=O) groups excluding carboxylic acids is 3. The lowest BCUT2D eigenvalue weighted by Gasteiger charge is -2.27. The van der Waals surface area contributed by atoms with E-state index < -0.39 is 40.8 Å². The van der Waals surface area contributed by atoms with E-state index in [1.165, 1.54) is 36.4 Å². The molecule has 11 heteroatoms. The number of carbonyl (C=O) groups is 3. The molecule has 37 heavy (non-hydrogen) atoms. The Bertz CT molecular complexity index is 1090. The van der Waals surface area contributed by atoms with Crippen molar-refractivity contribution < 1.29 is 24.4 Å². The molecule has 200 valence electrons. The third-order valence-corrected chi connectivity index (χ3v) is 5.66. The van der Waals surface area contributed by atoms with Crippen LogP contribution >= 0.6 is 0 Å². The number of aromatic hydroxyl groups is 1. The standard InChI is InChI=1S/C26H35N5O6/c1-15(2)13-22(29-24(33)21(27)14-17-5-11-20(32)12-6-17)25(34)30-23(16(3)4)26(35)28-18-7-9-19(10-8-18)31(36)37/h5-12,15-16,21-23,32H,13-14,27H2,1-4H3,(H,28,35)(H,29,33)(H,30,34)/t21-,22-,23-/m0/s1. The molecule has 0 spiro atoms. The topological polar surface area (TPSA) is 177 Å². The highest BCUT2D eigenvalue weighted by Gasteiger charge is 2.30. The van der Waals surface area contributed by atoms with Gasteiger partial charge >= 0.3 is 0 Å². The van der Waals surface area contributed by atoms with Crippen LogP contribution in [0.4, 0.5) is 11.4 Å². The van der Waals surface area contributed by atoms with E-state index in [1.54, 1.807) is 26.0 Å². The van der Waals surface area contributed by atoms with Gasteiger partial charge in [0.15, 0.2) is 0 Å². The Morgan fingerprint density at radius 1 is 0.919 bits per heavy atom. The van der Waals surface area contributed by atoms with Crippen molar-refractivity contribution in [2.24, 2.45) is 17.6 Å². The molecule has 3 amide bonds. The second kappa shape index (κ2) is 13.4. The van der Waals surface area contributed by atoms with E-state index in [-0.39, 0.29) is 29.7 Å². The summed E-state index contributed by atoms with van der Waals surface area (Å²) in [6, 6.07) is 8.95. The maximum absolute atomic E-state index is 13.2. The molecule has 0 bridgehead atoms. The molecule has 0 saturated carbocycles. The van der Waals surface area contributed by atoms with Crippen molar-refractivity contribution in [2.75, 3.05) is 5.32 Å². The second-order valence-electron chi connectivity index (χ2n) is 9.69. The van der Waals surface area contributed by atoms with Crippen LogP contribution in [-0.4, -0.2) is 45.9 Å². The Balaban J connectivity index is 2.07. The van der Waals surface area contributed by atoms with E-state index in [4.69, 9.17) is 5.73 Å². The molecule has 0 aliphatic heterocycles. The van der Waals surface area contributed by atoms with E-state index >= 15 is 0 Å². The lowest BCUT2D eigenvalue weighted by Crippen LogP contribution is -2.56. The van der Waals surface area contributed by atoms with Crippen LogP contribution in [0.15, 0.2) is 48.5 Å². The normalized spacial score (nSPS) is 13.5. The van der Waals surface area contributed by atoms with Crippen molar-refractivity contribution in [3.63, 3.8) is 0 Å². The number of anilines is 1. The van der Waals surface area contributed by atoms with Gasteiger partial charge in [0.2, 0.25) is 17.7 Å². The third-order valence-electron chi connectivity index (χ3n) is 5.66. The average Bonchev–Trinajstić information content (AvgIpc) is 2.83. The van der Waals surface area contributed by atoms with Gasteiger partial charge in [-0.2, -0.15) is 0 Å². The van der Waals surface area contributed by atoms with Crippen LogP contribution in [0.1, 0.15) is 39.7 Å². The number of nitro benzene ring substituents is 1. The zero-order valence-corrected chi connectivity index (χ0v) is 21.4. The summed E-state index contributed by atoms with van der Waals surface area (Å²) in [6.07, 6.45) is 0.548. The highest BCUT2D eigenvalue weighted by atomic mass is 16.6. The maximum atomic E-state index is 13.2. The van der Waals surface area contributed by atoms with E-state index in [1.807, 2.05) is 13.8 Å². The van der Waals surface area contributed by atoms with Crippen LogP contribution in [-0.2, 0) is 20.8 Å². The Hall–Kier alpha value is -3.99. The van der Waals surface area contributed by atoms with Gasteiger partial charge in [-0.15, -0.1) is 0 Å². The molecular formula is C26H35N5O6. The number of rotatable bonds is 12. The highest BCUT2D eigenvalue weighted by Crippen LogP contribution is 2.17. The van der Waals surface area contributed by atoms with Gasteiger partial charge in [0.05, 0.1) is 11.0 Å². The largest absolute Gasteiger partial charge is 0.508 e. The van der Waals surface area contributed by atoms with Gasteiger partial charge in [0.1, 0.15) is 17.8 Å². The summed E-state index contributed by atoms with van der Waals surface area (Å²) in [5.74, 6) is -1.63. The van der Waals surface area contributed by atoms with Gasteiger partial charge in [-0.05, 0) is 54.5 Å². The number of hydrogen-bond acceptors (Lipinski definition) is 7. The molecule has 3 atom stereocenters. The molecule has 0 fully saturated rings. The van der Waals surface area contributed by atoms with Crippen molar-refractivity contribution in [1.82, 2.24) is 10.6 Å². The van der Waals surface area contributed by atoms with Crippen LogP contribution in [0.5, 0.6) is 5.75 Å². The van der Waals surface area contributed by atoms with Gasteiger partial charge in [-0.1, -0.05) is 39.8 Å². The summed E-state index contributed by atoms with van der Waals surface area (Å²) in [5, 5.41) is 28.4. The van der Waals surface area contributed by atoms with Gasteiger partial charge in [-0.25, -0.2) is 0 Å². The first-order chi connectivity index (χ1) is 17.4. The number of phenols is 1. The molecule has 0 unspecified atom stereocenters. The minimum Gasteiger partial charge on any atom is -0.508 e. The quantitative estimate of drug-likeness (QED) is 0.214. The average molecular weight is 514 g/mol. The first-order valence-corrected chi connectivity index (χ1v) is 12.1. The molecule has 2 aromatic carbocycles. The fourth-order valence-corrected chi connectivity index (χ4v) is 3.64. The summed E-state index contributed by atoms with van der Waals surface area (Å²) in [5.41, 5.74) is 7.07. The lowest BCUT2D eigenvalue weighted by atomic mass is 9.99. The van der Waals surface area contributed by atoms with E-state index in [0.29, 0.717) is 12.1 Å². The summed E-state index contributed by atoms with van der Waals surface area (Å²) in [4.78, 5) is 49.2. The van der Waals surface area contributed by atoms with Gasteiger partial charge in [0.25, 0.3) is 5.69 Å². The fourth-order valence-electron chi connectivity index (χ4n) is 3.64. The molecule has 6 N–H and O–H groups in total. The smallest absolute Gasteiger partial charge is 0.269 e. The number of hydrogen-bond donors (Lipinski definition) is 5. The van der Waals surface area contributed by atoms with Crippen LogP contribution < -0.4 is 21.7 Å². The number of non-ortho nitro benzene ring substituents is 1. The second-order valence-corrected chi connectivity index (χ2v) is 9.69. The molecule has 0 aliphatic carbocycles. The van der Waals surface area contributed by atoms with Crippen LogP contribution in [0.3, 0.4) is 0 Å². The number of benzene rings is 2. The van der Waals surface area contributed by atoms with Gasteiger partial charge in [-0.3, -0.25) is 24.5 Å². The fraction of sp³-hybridized carbons (Fsp3) is 0.423. The van der Waals surface area contributed by atoms with Crippen molar-refractivity contribution in [1.29, 1.82) is 0 Å². The van der Waals surface area contributed by atoms with E-state index in [9.17, 15) is 29.6 Å². The zero-order chi connectivity index (χ0) is 27.7. The van der Waals surface area contributed by atoms with Crippen molar-refractivity contribution >= 4 is 29.1 Å². The van der Waals surface area contributed by atoms with E-state index in [0.717, 1.165) is 5.56 Å². The number of nitrogens with one attached hydrogen (secondary N) is 3. The first-order valence-electron chi connectivity index (χ1n) is 12.1. The summed E-state index contributed by atoms with van der Waals surface area (Å²) >= 11 is 0. The Labute approximate surface area is 216 Å². The predicted molar refractivity (Wildman–Crippen MR) is 140 cm³/mol. The SMILES string of the molecule is CC(C)C[C@H](NC(=O)[C@@H](N)Cc1ccc(O)cc1)C(=O)N[C@H](C(=O)Nc1ccc([N+](=O)[O-])cc1)C(C)C. The first kappa shape index (κ1) is 29.2. The number of amides is 3. The maximum Gasteiger partial charge on any atom is 0.269 e. The van der Waals surface area contributed by atoms with Gasteiger partial charge in [0, 0.05) is 17.8 Å². The third kappa shape index (κ3) is 9.19. The molecule has 0 heterocycles. The number of phenolic OH excluding ortho intramolecular Hbond substituents is 1. The summed E-state index contributed by atoms with van der Waals surface area (Å²) in [7, 11) is 0. The van der Waals surface area contributed by atoms with Crippen LogP contribution in [0.2, 0.25) is 0 Å². The molecule has 2 aromatic rings.